The van der Waals surface area contributed by atoms with Crippen LogP contribution in [0.1, 0.15) is 11.3 Å². The number of benzene rings is 2. The fraction of sp³-hybridized carbons (Fsp3) is 0. The third-order valence-electron chi connectivity index (χ3n) is 3.28. The van der Waals surface area contributed by atoms with Crippen LogP contribution in [0.4, 0.5) is 22.0 Å². The number of hydrogen-bond donors (Lipinski definition) is 0. The van der Waals surface area contributed by atoms with E-state index in [9.17, 15) is 22.0 Å². The summed E-state index contributed by atoms with van der Waals surface area (Å²) in [5.74, 6) is -9.89. The lowest BCUT2D eigenvalue weighted by molar-refractivity contribution is 0.377. The molecule has 0 saturated carbocycles. The number of fused-ring (bicyclic) bond motifs is 1. The summed E-state index contributed by atoms with van der Waals surface area (Å²) in [6, 6.07) is 10.5. The Labute approximate surface area is 127 Å². The van der Waals surface area contributed by atoms with E-state index in [1.165, 1.54) is 6.08 Å². The number of para-hydroxylation sites is 1. The maximum atomic E-state index is 13.6. The summed E-state index contributed by atoms with van der Waals surface area (Å²) in [4.78, 5) is 4.22. The molecular formula is C17H8F5N. The van der Waals surface area contributed by atoms with Crippen LogP contribution in [0.3, 0.4) is 0 Å². The van der Waals surface area contributed by atoms with Crippen LogP contribution in [0.5, 0.6) is 0 Å². The first-order valence-electron chi connectivity index (χ1n) is 6.54. The molecule has 6 heteroatoms. The molecule has 0 atom stereocenters. The van der Waals surface area contributed by atoms with E-state index in [2.05, 4.69) is 4.98 Å². The molecule has 1 nitrogen and oxygen atoms in total. The van der Waals surface area contributed by atoms with Gasteiger partial charge in [0, 0.05) is 5.39 Å². The van der Waals surface area contributed by atoms with Gasteiger partial charge in [0.15, 0.2) is 23.3 Å². The van der Waals surface area contributed by atoms with Gasteiger partial charge in [0.1, 0.15) is 0 Å². The highest BCUT2D eigenvalue weighted by molar-refractivity contribution is 5.80. The van der Waals surface area contributed by atoms with E-state index in [0.717, 1.165) is 11.5 Å². The van der Waals surface area contributed by atoms with Crippen LogP contribution in [0, 0.1) is 29.1 Å². The number of rotatable bonds is 2. The highest BCUT2D eigenvalue weighted by Gasteiger charge is 2.24. The molecule has 0 saturated heterocycles. The second-order valence-electron chi connectivity index (χ2n) is 4.75. The van der Waals surface area contributed by atoms with Gasteiger partial charge >= 0.3 is 0 Å². The largest absolute Gasteiger partial charge is 0.248 e. The highest BCUT2D eigenvalue weighted by Crippen LogP contribution is 2.24. The average molecular weight is 321 g/mol. The van der Waals surface area contributed by atoms with E-state index in [4.69, 9.17) is 0 Å². The van der Waals surface area contributed by atoms with E-state index < -0.39 is 34.6 Å². The first-order valence-corrected chi connectivity index (χ1v) is 6.54. The number of aromatic nitrogens is 1. The van der Waals surface area contributed by atoms with E-state index >= 15 is 0 Å². The van der Waals surface area contributed by atoms with E-state index in [0.29, 0.717) is 11.2 Å². The fourth-order valence-corrected chi connectivity index (χ4v) is 2.11. The summed E-state index contributed by atoms with van der Waals surface area (Å²) < 4.78 is 66.4. The molecule has 0 spiro atoms. The van der Waals surface area contributed by atoms with Crippen molar-refractivity contribution in [1.29, 1.82) is 0 Å². The topological polar surface area (TPSA) is 12.9 Å². The summed E-state index contributed by atoms with van der Waals surface area (Å²) in [6.45, 7) is 0. The normalized spacial score (nSPS) is 11.5. The molecule has 3 aromatic rings. The van der Waals surface area contributed by atoms with Crippen LogP contribution in [-0.2, 0) is 0 Å². The third-order valence-corrected chi connectivity index (χ3v) is 3.28. The predicted octanol–water partition coefficient (Wildman–Crippen LogP) is 5.10. The van der Waals surface area contributed by atoms with E-state index in [-0.39, 0.29) is 0 Å². The highest BCUT2D eigenvalue weighted by atomic mass is 19.2. The van der Waals surface area contributed by atoms with Gasteiger partial charge in [0.05, 0.1) is 16.8 Å². The molecule has 1 aromatic heterocycles. The van der Waals surface area contributed by atoms with Gasteiger partial charge in [-0.3, -0.25) is 0 Å². The van der Waals surface area contributed by atoms with Crippen molar-refractivity contribution >= 4 is 23.1 Å². The zero-order valence-electron chi connectivity index (χ0n) is 11.5. The lowest BCUT2D eigenvalue weighted by atomic mass is 10.1. The second-order valence-corrected chi connectivity index (χ2v) is 4.75. The van der Waals surface area contributed by atoms with Crippen LogP contribution >= 0.6 is 0 Å². The molecule has 23 heavy (non-hydrogen) atoms. The molecule has 0 aliphatic carbocycles. The van der Waals surface area contributed by atoms with E-state index in [1.807, 2.05) is 12.1 Å². The summed E-state index contributed by atoms with van der Waals surface area (Å²) in [6.07, 6.45) is 2.00. The molecule has 0 amide bonds. The molecule has 0 radical (unpaired) electrons. The Morgan fingerprint density at radius 3 is 1.96 bits per heavy atom. The monoisotopic (exact) mass is 321 g/mol. The first kappa shape index (κ1) is 15.1. The van der Waals surface area contributed by atoms with E-state index in [1.54, 1.807) is 24.3 Å². The molecule has 116 valence electrons. The second kappa shape index (κ2) is 5.79. The van der Waals surface area contributed by atoms with Gasteiger partial charge in [-0.05, 0) is 24.3 Å². The van der Waals surface area contributed by atoms with Crippen molar-refractivity contribution in [3.8, 4) is 0 Å². The molecule has 0 aliphatic rings. The number of hydrogen-bond acceptors (Lipinski definition) is 1. The first-order chi connectivity index (χ1) is 11.0. The van der Waals surface area contributed by atoms with Crippen molar-refractivity contribution in [3.05, 3.63) is 76.7 Å². The quantitative estimate of drug-likeness (QED) is 0.363. The minimum absolute atomic E-state index is 0.327. The molecule has 1 heterocycles. The number of pyridine rings is 1. The summed E-state index contributed by atoms with van der Waals surface area (Å²) >= 11 is 0. The minimum atomic E-state index is -2.18. The fourth-order valence-electron chi connectivity index (χ4n) is 2.11. The van der Waals surface area contributed by atoms with Gasteiger partial charge in [-0.2, -0.15) is 0 Å². The van der Waals surface area contributed by atoms with Gasteiger partial charge < -0.3 is 0 Å². The van der Waals surface area contributed by atoms with Crippen LogP contribution in [0.25, 0.3) is 23.1 Å². The third kappa shape index (κ3) is 2.67. The molecule has 0 bridgehead atoms. The zero-order chi connectivity index (χ0) is 16.6. The average Bonchev–Trinajstić information content (AvgIpc) is 2.58. The minimum Gasteiger partial charge on any atom is -0.248 e. The Hall–Kier alpha value is -2.76. The SMILES string of the molecule is Fc1c(F)c(F)c(/C=C/c2ccc3ccccc3n2)c(F)c1F. The van der Waals surface area contributed by atoms with Crippen LogP contribution < -0.4 is 0 Å². The molecule has 0 N–H and O–H groups in total. The van der Waals surface area contributed by atoms with Crippen molar-refractivity contribution in [2.75, 3.05) is 0 Å². The Morgan fingerprint density at radius 2 is 1.26 bits per heavy atom. The number of halogens is 5. The number of nitrogens with zero attached hydrogens (tertiary/aromatic N) is 1. The Bertz CT molecular complexity index is 905. The summed E-state index contributed by atoms with van der Waals surface area (Å²) in [5, 5.41) is 0.862. The standard InChI is InChI=1S/C17H8F5N/c18-13-11(14(19)16(21)17(22)15(13)20)8-7-10-6-5-9-3-1-2-4-12(9)23-10/h1-8H/b8-7+. The maximum Gasteiger partial charge on any atom is 0.200 e. The Kier molecular flexibility index (Phi) is 3.82. The van der Waals surface area contributed by atoms with Crippen LogP contribution in [0.15, 0.2) is 36.4 Å². The predicted molar refractivity (Wildman–Crippen MR) is 76.9 cm³/mol. The van der Waals surface area contributed by atoms with Crippen molar-refractivity contribution < 1.29 is 22.0 Å². The summed E-state index contributed by atoms with van der Waals surface area (Å²) in [5.41, 5.74) is -0.0314. The molecule has 0 unspecified atom stereocenters. The Balaban J connectivity index is 2.05. The molecule has 0 fully saturated rings. The lowest BCUT2D eigenvalue weighted by Crippen LogP contribution is -2.03. The van der Waals surface area contributed by atoms with Gasteiger partial charge in [-0.25, -0.2) is 26.9 Å². The smallest absolute Gasteiger partial charge is 0.200 e. The van der Waals surface area contributed by atoms with Gasteiger partial charge in [-0.1, -0.05) is 24.3 Å². The molecule has 3 rings (SSSR count). The van der Waals surface area contributed by atoms with Crippen molar-refractivity contribution in [3.63, 3.8) is 0 Å². The zero-order valence-corrected chi connectivity index (χ0v) is 11.5. The van der Waals surface area contributed by atoms with Gasteiger partial charge in [0.25, 0.3) is 0 Å². The van der Waals surface area contributed by atoms with Crippen LogP contribution in [0.2, 0.25) is 0 Å². The summed E-state index contributed by atoms with van der Waals surface area (Å²) in [7, 11) is 0. The van der Waals surface area contributed by atoms with Crippen molar-refractivity contribution in [2.24, 2.45) is 0 Å². The van der Waals surface area contributed by atoms with Crippen LogP contribution in [-0.4, -0.2) is 4.98 Å². The Morgan fingerprint density at radius 1 is 0.652 bits per heavy atom. The van der Waals surface area contributed by atoms with Gasteiger partial charge in [-0.15, -0.1) is 0 Å². The lowest BCUT2D eigenvalue weighted by Gasteiger charge is -2.04. The van der Waals surface area contributed by atoms with Gasteiger partial charge in [0.2, 0.25) is 5.82 Å². The maximum absolute atomic E-state index is 13.6. The van der Waals surface area contributed by atoms with Crippen molar-refractivity contribution in [2.45, 2.75) is 0 Å². The molecule has 2 aromatic carbocycles. The molecule has 0 aliphatic heterocycles. The van der Waals surface area contributed by atoms with Crippen molar-refractivity contribution in [1.82, 2.24) is 4.98 Å². The molecular weight excluding hydrogens is 313 g/mol.